The summed E-state index contributed by atoms with van der Waals surface area (Å²) in [5.41, 5.74) is 10.7. The van der Waals surface area contributed by atoms with Gasteiger partial charge in [0.2, 0.25) is 0 Å². The molecule has 0 N–H and O–H groups in total. The second-order valence-corrected chi connectivity index (χ2v) is 14.8. The van der Waals surface area contributed by atoms with Gasteiger partial charge >= 0.3 is 0 Å². The largest absolute Gasteiger partial charge is 0.492 e. The van der Waals surface area contributed by atoms with Crippen molar-refractivity contribution in [2.45, 2.75) is 65.2 Å². The minimum atomic E-state index is 0.585. The maximum Gasteiger partial charge on any atom is 0.136 e. The van der Waals surface area contributed by atoms with Crippen molar-refractivity contribution in [1.29, 1.82) is 0 Å². The molecule has 3 heterocycles. The van der Waals surface area contributed by atoms with Gasteiger partial charge in [0.05, 0.1) is 47.1 Å². The zero-order valence-electron chi connectivity index (χ0n) is 34.7. The van der Waals surface area contributed by atoms with Crippen molar-refractivity contribution in [2.75, 3.05) is 13.2 Å². The first-order valence-electron chi connectivity index (χ1n) is 21.3. The van der Waals surface area contributed by atoms with Gasteiger partial charge < -0.3 is 9.47 Å². The fourth-order valence-electron chi connectivity index (χ4n) is 6.88. The molecule has 60 heavy (non-hydrogen) atoms. The van der Waals surface area contributed by atoms with Gasteiger partial charge in [0, 0.05) is 35.7 Å². The summed E-state index contributed by atoms with van der Waals surface area (Å²) in [6.45, 7) is 5.61. The van der Waals surface area contributed by atoms with Crippen LogP contribution in [0.25, 0.3) is 45.0 Å². The Kier molecular flexibility index (Phi) is 14.9. The van der Waals surface area contributed by atoms with Crippen LogP contribution in [0, 0.1) is 23.7 Å². The Balaban J connectivity index is 1.32. The van der Waals surface area contributed by atoms with Gasteiger partial charge in [0.15, 0.2) is 0 Å². The predicted molar refractivity (Wildman–Crippen MR) is 246 cm³/mol. The van der Waals surface area contributed by atoms with Crippen molar-refractivity contribution in [1.82, 2.24) is 15.0 Å². The first-order valence-corrected chi connectivity index (χ1v) is 21.3. The summed E-state index contributed by atoms with van der Waals surface area (Å²) in [7, 11) is 0. The summed E-state index contributed by atoms with van der Waals surface area (Å²) >= 11 is 0. The highest BCUT2D eigenvalue weighted by Crippen LogP contribution is 2.31. The van der Waals surface area contributed by atoms with Crippen LogP contribution in [0.3, 0.4) is 0 Å². The molecule has 5 heteroatoms. The molecule has 0 aliphatic rings. The lowest BCUT2D eigenvalue weighted by Crippen LogP contribution is -2.03. The van der Waals surface area contributed by atoms with Crippen LogP contribution in [0.5, 0.6) is 11.5 Å². The maximum absolute atomic E-state index is 6.57. The average molecular weight is 786 g/mol. The van der Waals surface area contributed by atoms with Crippen LogP contribution >= 0.6 is 0 Å². The molecule has 0 spiro atoms. The van der Waals surface area contributed by atoms with E-state index in [9.17, 15) is 0 Å². The predicted octanol–water partition coefficient (Wildman–Crippen LogP) is 13.3. The van der Waals surface area contributed by atoms with Gasteiger partial charge in [-0.2, -0.15) is 0 Å². The quantitative estimate of drug-likeness (QED) is 0.0721. The highest BCUT2D eigenvalue weighted by atomic mass is 16.5. The fourth-order valence-corrected chi connectivity index (χ4v) is 6.88. The van der Waals surface area contributed by atoms with Crippen LogP contribution in [-0.4, -0.2) is 28.2 Å². The van der Waals surface area contributed by atoms with Crippen molar-refractivity contribution in [2.24, 2.45) is 0 Å². The van der Waals surface area contributed by atoms with E-state index in [0.717, 1.165) is 106 Å². The monoisotopic (exact) mass is 785 g/mol. The molecular formula is C55H51N3O2. The van der Waals surface area contributed by atoms with Crippen molar-refractivity contribution in [3.8, 4) is 80.2 Å². The van der Waals surface area contributed by atoms with Crippen LogP contribution in [0.2, 0.25) is 0 Å². The van der Waals surface area contributed by atoms with Crippen LogP contribution in [0.4, 0.5) is 0 Å². The topological polar surface area (TPSA) is 57.1 Å². The van der Waals surface area contributed by atoms with Gasteiger partial charge in [-0.1, -0.05) is 149 Å². The number of ether oxygens (including phenoxy) is 2. The molecule has 0 aliphatic heterocycles. The number of nitrogens with zero attached hydrogens (tertiary/aromatic N) is 3. The number of hydrogen-bond acceptors (Lipinski definition) is 5. The molecule has 7 rings (SSSR count). The molecule has 0 aliphatic carbocycles. The number of rotatable bonds is 16. The van der Waals surface area contributed by atoms with Gasteiger partial charge in [0.25, 0.3) is 0 Å². The van der Waals surface area contributed by atoms with Crippen LogP contribution in [-0.2, 0) is 0 Å². The SMILES string of the molecule is CCCCCCOc1cc(C#Cc2cc(-c3ccccn3)nc(-c3ccccn3)c2)c(OCCCCCC)cc1C#Cc1cc(-c2ccccc2)cc(-c2ccccc2)c1. The summed E-state index contributed by atoms with van der Waals surface area (Å²) in [6.07, 6.45) is 12.3. The Morgan fingerprint density at radius 2 is 0.850 bits per heavy atom. The molecular weight excluding hydrogens is 735 g/mol. The summed E-state index contributed by atoms with van der Waals surface area (Å²) in [4.78, 5) is 14.1. The van der Waals surface area contributed by atoms with Gasteiger partial charge in [-0.25, -0.2) is 4.98 Å². The third-order valence-corrected chi connectivity index (χ3v) is 10.1. The normalized spacial score (nSPS) is 10.6. The lowest BCUT2D eigenvalue weighted by atomic mass is 9.96. The first kappa shape index (κ1) is 41.2. The highest BCUT2D eigenvalue weighted by molar-refractivity contribution is 5.76. The van der Waals surface area contributed by atoms with E-state index in [1.165, 1.54) is 12.8 Å². The molecule has 298 valence electrons. The van der Waals surface area contributed by atoms with Crippen LogP contribution in [0.15, 0.2) is 152 Å². The third-order valence-electron chi connectivity index (χ3n) is 10.1. The van der Waals surface area contributed by atoms with Crippen molar-refractivity contribution >= 4 is 0 Å². The molecule has 0 fully saturated rings. The van der Waals surface area contributed by atoms with Crippen LogP contribution in [0.1, 0.15) is 87.5 Å². The Bertz CT molecular complexity index is 2270. The van der Waals surface area contributed by atoms with Crippen molar-refractivity contribution < 1.29 is 9.47 Å². The second kappa shape index (κ2) is 21.7. The van der Waals surface area contributed by atoms with Crippen molar-refractivity contribution in [3.63, 3.8) is 0 Å². The smallest absolute Gasteiger partial charge is 0.136 e. The molecule has 5 nitrogen and oxygen atoms in total. The van der Waals surface area contributed by atoms with E-state index in [1.54, 1.807) is 12.4 Å². The van der Waals surface area contributed by atoms with Crippen molar-refractivity contribution in [3.05, 3.63) is 174 Å². The van der Waals surface area contributed by atoms with Gasteiger partial charge in [-0.3, -0.25) is 9.97 Å². The lowest BCUT2D eigenvalue weighted by molar-refractivity contribution is 0.295. The highest BCUT2D eigenvalue weighted by Gasteiger charge is 2.13. The summed E-state index contributed by atoms with van der Waals surface area (Å²) in [5.74, 6) is 15.3. The number of hydrogen-bond donors (Lipinski definition) is 0. The van der Waals surface area contributed by atoms with E-state index < -0.39 is 0 Å². The van der Waals surface area contributed by atoms with E-state index in [4.69, 9.17) is 14.5 Å². The molecule has 0 amide bonds. The molecule has 0 saturated carbocycles. The van der Waals surface area contributed by atoms with Gasteiger partial charge in [-0.05, 0) is 89.7 Å². The van der Waals surface area contributed by atoms with Gasteiger partial charge in [-0.15, -0.1) is 0 Å². The van der Waals surface area contributed by atoms with E-state index >= 15 is 0 Å². The van der Waals surface area contributed by atoms with Gasteiger partial charge in [0.1, 0.15) is 11.5 Å². The Morgan fingerprint density at radius 3 is 1.28 bits per heavy atom. The number of unbranched alkanes of at least 4 members (excludes halogenated alkanes) is 6. The average Bonchev–Trinajstić information content (AvgIpc) is 3.31. The molecule has 0 atom stereocenters. The Morgan fingerprint density at radius 1 is 0.400 bits per heavy atom. The van der Waals surface area contributed by atoms with E-state index in [-0.39, 0.29) is 0 Å². The van der Waals surface area contributed by atoms with E-state index in [0.29, 0.717) is 24.7 Å². The fraction of sp³-hybridized carbons (Fsp3) is 0.218. The third kappa shape index (κ3) is 11.6. The number of aromatic nitrogens is 3. The summed E-state index contributed by atoms with van der Waals surface area (Å²) < 4.78 is 13.1. The molecule has 4 aromatic carbocycles. The van der Waals surface area contributed by atoms with Crippen LogP contribution < -0.4 is 9.47 Å². The minimum Gasteiger partial charge on any atom is -0.492 e. The summed E-state index contributed by atoms with van der Waals surface area (Å²) in [5, 5.41) is 0. The van der Waals surface area contributed by atoms with E-state index in [1.807, 2.05) is 72.8 Å². The number of benzene rings is 4. The van der Waals surface area contributed by atoms with E-state index in [2.05, 4.69) is 114 Å². The molecule has 7 aromatic rings. The molecule has 0 saturated heterocycles. The molecule has 0 bridgehead atoms. The standard InChI is InChI=1S/C55H51N3O2/c1-3-5-7-19-33-59-54-41-47(30-28-43-37-52(50-25-15-17-31-56-50)58-53(38-43)51-26-16-18-32-57-51)55(60-34-20-8-6-4-2)40-46(54)29-27-42-35-48(44-21-11-9-12-22-44)39-49(36-42)45-23-13-10-14-24-45/h9-18,21-26,31-32,35-41H,3-8,19-20,33-34H2,1-2H3. The lowest BCUT2D eigenvalue weighted by Gasteiger charge is -2.14. The minimum absolute atomic E-state index is 0.585. The summed E-state index contributed by atoms with van der Waals surface area (Å²) in [6, 6.07) is 47.1. The first-order chi connectivity index (χ1) is 29.7. The Hall–Kier alpha value is -6.95. The maximum atomic E-state index is 6.57. The molecule has 3 aromatic heterocycles. The zero-order chi connectivity index (χ0) is 41.2. The molecule has 0 unspecified atom stereocenters. The number of pyridine rings is 3. The Labute approximate surface area is 355 Å². The zero-order valence-corrected chi connectivity index (χ0v) is 34.7. The molecule has 0 radical (unpaired) electrons. The second-order valence-electron chi connectivity index (χ2n) is 14.8.